The lowest BCUT2D eigenvalue weighted by molar-refractivity contribution is -0.126. The maximum Gasteiger partial charge on any atom is 0.250 e. The second-order valence-corrected chi connectivity index (χ2v) is 8.14. The summed E-state index contributed by atoms with van der Waals surface area (Å²) in [6.45, 7) is 1.54. The summed E-state index contributed by atoms with van der Waals surface area (Å²) in [7, 11) is 0. The Labute approximate surface area is 176 Å². The van der Waals surface area contributed by atoms with Crippen LogP contribution >= 0.6 is 0 Å². The number of tetrazole rings is 1. The predicted molar refractivity (Wildman–Crippen MR) is 114 cm³/mol. The molecule has 0 spiro atoms. The van der Waals surface area contributed by atoms with Crippen molar-refractivity contribution in [2.75, 3.05) is 18.0 Å². The molecular formula is C23H26N6O. The molecule has 1 saturated heterocycles. The second kappa shape index (κ2) is 8.26. The molecule has 0 radical (unpaired) electrons. The van der Waals surface area contributed by atoms with Gasteiger partial charge in [0.05, 0.1) is 11.7 Å². The highest BCUT2D eigenvalue weighted by Crippen LogP contribution is 2.30. The van der Waals surface area contributed by atoms with Gasteiger partial charge in [-0.1, -0.05) is 47.6 Å². The van der Waals surface area contributed by atoms with E-state index in [0.29, 0.717) is 0 Å². The fraction of sp³-hybridized carbons (Fsp3) is 0.391. The zero-order valence-electron chi connectivity index (χ0n) is 16.9. The quantitative estimate of drug-likeness (QED) is 0.726. The van der Waals surface area contributed by atoms with Crippen LogP contribution in [0.15, 0.2) is 54.6 Å². The van der Waals surface area contributed by atoms with Crippen molar-refractivity contribution in [1.82, 2.24) is 25.5 Å². The summed E-state index contributed by atoms with van der Waals surface area (Å²) >= 11 is 0. The second-order valence-electron chi connectivity index (χ2n) is 8.14. The van der Waals surface area contributed by atoms with Crippen molar-refractivity contribution in [2.24, 2.45) is 5.92 Å². The molecule has 5 rings (SSSR count). The van der Waals surface area contributed by atoms with Gasteiger partial charge in [-0.15, -0.1) is 0 Å². The molecule has 1 amide bonds. The van der Waals surface area contributed by atoms with E-state index in [2.05, 4.69) is 50.0 Å². The van der Waals surface area contributed by atoms with Crippen molar-refractivity contribution in [3.63, 3.8) is 0 Å². The number of benzene rings is 2. The average Bonchev–Trinajstić information content (AvgIpc) is 3.30. The fourth-order valence-corrected chi connectivity index (χ4v) is 4.65. The van der Waals surface area contributed by atoms with Crippen molar-refractivity contribution in [1.29, 1.82) is 0 Å². The van der Waals surface area contributed by atoms with Gasteiger partial charge in [0.1, 0.15) is 0 Å². The van der Waals surface area contributed by atoms with Crippen molar-refractivity contribution < 1.29 is 4.79 Å². The van der Waals surface area contributed by atoms with Gasteiger partial charge in [-0.3, -0.25) is 4.79 Å². The van der Waals surface area contributed by atoms with E-state index >= 15 is 0 Å². The van der Waals surface area contributed by atoms with E-state index < -0.39 is 0 Å². The van der Waals surface area contributed by atoms with Gasteiger partial charge in [0, 0.05) is 19.0 Å². The Balaban J connectivity index is 1.22. The SMILES string of the molecule is O=C(NC1CCCc2ccccc21)C1CCN(c2nnnn2-c2ccccc2)CC1. The molecule has 154 valence electrons. The smallest absolute Gasteiger partial charge is 0.250 e. The van der Waals surface area contributed by atoms with E-state index in [0.717, 1.165) is 56.8 Å². The minimum absolute atomic E-state index is 0.0383. The summed E-state index contributed by atoms with van der Waals surface area (Å²) in [4.78, 5) is 15.2. The highest BCUT2D eigenvalue weighted by Gasteiger charge is 2.30. The van der Waals surface area contributed by atoms with Crippen LogP contribution in [0, 0.1) is 5.92 Å². The lowest BCUT2D eigenvalue weighted by atomic mass is 9.87. The number of hydrogen-bond acceptors (Lipinski definition) is 5. The molecule has 30 heavy (non-hydrogen) atoms. The van der Waals surface area contributed by atoms with E-state index in [9.17, 15) is 4.79 Å². The van der Waals surface area contributed by atoms with Crippen LogP contribution in [0.5, 0.6) is 0 Å². The highest BCUT2D eigenvalue weighted by molar-refractivity contribution is 5.79. The maximum atomic E-state index is 13.0. The van der Waals surface area contributed by atoms with Crippen LogP contribution < -0.4 is 10.2 Å². The number of carbonyl (C=O) groups is 1. The number of hydrogen-bond donors (Lipinski definition) is 1. The molecule has 1 fully saturated rings. The first-order valence-corrected chi connectivity index (χ1v) is 10.8. The lowest BCUT2D eigenvalue weighted by Gasteiger charge is -2.33. The van der Waals surface area contributed by atoms with E-state index in [1.54, 1.807) is 4.68 Å². The third-order valence-electron chi connectivity index (χ3n) is 6.29. The third kappa shape index (κ3) is 3.67. The molecule has 0 saturated carbocycles. The van der Waals surface area contributed by atoms with Crippen molar-refractivity contribution >= 4 is 11.9 Å². The first kappa shape index (κ1) is 18.8. The molecule has 1 N–H and O–H groups in total. The molecule has 2 aliphatic rings. The Hall–Kier alpha value is -3.22. The van der Waals surface area contributed by atoms with E-state index in [-0.39, 0.29) is 17.9 Å². The molecule has 7 nitrogen and oxygen atoms in total. The number of amides is 1. The van der Waals surface area contributed by atoms with Crippen molar-refractivity contribution in [2.45, 2.75) is 38.1 Å². The minimum Gasteiger partial charge on any atom is -0.349 e. The number of aromatic nitrogens is 4. The van der Waals surface area contributed by atoms with Crippen LogP contribution in [0.4, 0.5) is 5.95 Å². The average molecular weight is 403 g/mol. The van der Waals surface area contributed by atoms with Gasteiger partial charge in [0.25, 0.3) is 0 Å². The molecule has 1 aliphatic carbocycles. The van der Waals surface area contributed by atoms with Gasteiger partial charge in [-0.25, -0.2) is 0 Å². The number of anilines is 1. The predicted octanol–water partition coefficient (Wildman–Crippen LogP) is 3.07. The van der Waals surface area contributed by atoms with Crippen LogP contribution in [-0.2, 0) is 11.2 Å². The Morgan fingerprint density at radius 2 is 1.73 bits per heavy atom. The van der Waals surface area contributed by atoms with Gasteiger partial charge < -0.3 is 10.2 Å². The van der Waals surface area contributed by atoms with E-state index in [4.69, 9.17) is 0 Å². The minimum atomic E-state index is 0.0383. The lowest BCUT2D eigenvalue weighted by Crippen LogP contribution is -2.42. The molecule has 1 aromatic heterocycles. The summed E-state index contributed by atoms with van der Waals surface area (Å²) in [5.41, 5.74) is 3.60. The number of fused-ring (bicyclic) bond motifs is 1. The number of carbonyl (C=O) groups excluding carboxylic acids is 1. The first-order valence-electron chi connectivity index (χ1n) is 10.8. The van der Waals surface area contributed by atoms with Crippen molar-refractivity contribution in [3.05, 3.63) is 65.7 Å². The molecular weight excluding hydrogens is 376 g/mol. The molecule has 1 unspecified atom stereocenters. The standard InChI is InChI=1S/C23H26N6O/c30-22(24-21-12-6-8-17-7-4-5-11-20(17)21)18-13-15-28(16-14-18)23-25-26-27-29(23)19-9-2-1-3-10-19/h1-5,7,9-11,18,21H,6,8,12-16H2,(H,24,30). The van der Waals surface area contributed by atoms with Gasteiger partial charge in [-0.05, 0) is 65.8 Å². The molecule has 1 aliphatic heterocycles. The zero-order chi connectivity index (χ0) is 20.3. The van der Waals surface area contributed by atoms with Crippen LogP contribution in [0.2, 0.25) is 0 Å². The van der Waals surface area contributed by atoms with Crippen LogP contribution in [0.1, 0.15) is 42.9 Å². The van der Waals surface area contributed by atoms with E-state index in [1.807, 2.05) is 30.3 Å². The van der Waals surface area contributed by atoms with Crippen molar-refractivity contribution in [3.8, 4) is 5.69 Å². The highest BCUT2D eigenvalue weighted by atomic mass is 16.2. The Morgan fingerprint density at radius 1 is 0.967 bits per heavy atom. The summed E-state index contributed by atoms with van der Waals surface area (Å²) < 4.78 is 1.76. The summed E-state index contributed by atoms with van der Waals surface area (Å²) in [5, 5.41) is 15.6. The first-order chi connectivity index (χ1) is 14.8. The Kier molecular flexibility index (Phi) is 5.17. The molecule has 2 aromatic carbocycles. The van der Waals surface area contributed by atoms with Crippen LogP contribution in [0.3, 0.4) is 0 Å². The fourth-order valence-electron chi connectivity index (χ4n) is 4.65. The normalized spacial score (nSPS) is 19.3. The maximum absolute atomic E-state index is 13.0. The number of aryl methyl sites for hydroxylation is 1. The zero-order valence-corrected chi connectivity index (χ0v) is 16.9. The molecule has 2 heterocycles. The molecule has 1 atom stereocenters. The number of nitrogens with one attached hydrogen (secondary N) is 1. The van der Waals surface area contributed by atoms with E-state index in [1.165, 1.54) is 11.1 Å². The summed E-state index contributed by atoms with van der Waals surface area (Å²) in [6.07, 6.45) is 4.87. The number of nitrogens with zero attached hydrogens (tertiary/aromatic N) is 5. The van der Waals surface area contributed by atoms with Gasteiger partial charge in [0.15, 0.2) is 0 Å². The Morgan fingerprint density at radius 3 is 2.57 bits per heavy atom. The number of piperidine rings is 1. The Bertz CT molecular complexity index is 1010. The number of rotatable bonds is 4. The monoisotopic (exact) mass is 402 g/mol. The largest absolute Gasteiger partial charge is 0.349 e. The topological polar surface area (TPSA) is 75.9 Å². The molecule has 7 heteroatoms. The van der Waals surface area contributed by atoms with Gasteiger partial charge in [0.2, 0.25) is 11.9 Å². The van der Waals surface area contributed by atoms with Gasteiger partial charge in [-0.2, -0.15) is 4.68 Å². The molecule has 0 bridgehead atoms. The summed E-state index contributed by atoms with van der Waals surface area (Å²) in [5.74, 6) is 0.955. The number of para-hydroxylation sites is 1. The summed E-state index contributed by atoms with van der Waals surface area (Å²) in [6, 6.07) is 18.5. The molecule has 3 aromatic rings. The van der Waals surface area contributed by atoms with Gasteiger partial charge >= 0.3 is 0 Å². The van der Waals surface area contributed by atoms with Crippen LogP contribution in [0.25, 0.3) is 5.69 Å². The third-order valence-corrected chi connectivity index (χ3v) is 6.29. The van der Waals surface area contributed by atoms with Crippen LogP contribution in [-0.4, -0.2) is 39.2 Å².